The van der Waals surface area contributed by atoms with Crippen molar-refractivity contribution in [3.8, 4) is 0 Å². The maximum absolute atomic E-state index is 12.3. The van der Waals surface area contributed by atoms with Crippen molar-refractivity contribution in [1.82, 2.24) is 5.32 Å². The molecule has 0 aromatic heterocycles. The molecule has 3 nitrogen and oxygen atoms in total. The molecule has 1 rings (SSSR count). The van der Waals surface area contributed by atoms with Crippen LogP contribution in [0.1, 0.15) is 47.5 Å². The molecule has 0 bridgehead atoms. The Hall–Kier alpha value is -0.280. The van der Waals surface area contributed by atoms with Crippen LogP contribution in [-0.2, 0) is 9.53 Å². The molecule has 1 amide bonds. The molecular formula is C15H28ClNO2. The number of nitrogens with one attached hydrogen (secondary N) is 1. The van der Waals surface area contributed by atoms with E-state index in [4.69, 9.17) is 16.3 Å². The van der Waals surface area contributed by atoms with Crippen LogP contribution in [0.3, 0.4) is 0 Å². The third-order valence-corrected chi connectivity index (χ3v) is 5.09. The molecule has 5 unspecified atom stereocenters. The van der Waals surface area contributed by atoms with Crippen LogP contribution in [0.4, 0.5) is 0 Å². The zero-order chi connectivity index (χ0) is 14.6. The second-order valence-electron chi connectivity index (χ2n) is 5.77. The summed E-state index contributed by atoms with van der Waals surface area (Å²) in [6.45, 7) is 10.9. The van der Waals surface area contributed by atoms with Gasteiger partial charge in [0.2, 0.25) is 5.91 Å². The van der Waals surface area contributed by atoms with Crippen LogP contribution in [0.5, 0.6) is 0 Å². The molecule has 5 atom stereocenters. The van der Waals surface area contributed by atoms with Gasteiger partial charge in [0.1, 0.15) is 0 Å². The number of carbonyl (C=O) groups is 1. The summed E-state index contributed by atoms with van der Waals surface area (Å²) in [6, 6.07) is 0. The number of alkyl halides is 1. The fraction of sp³-hybridized carbons (Fsp3) is 0.933. The number of ether oxygens (including phenoxy) is 1. The van der Waals surface area contributed by atoms with E-state index in [1.807, 2.05) is 13.8 Å². The summed E-state index contributed by atoms with van der Waals surface area (Å²) in [5.41, 5.74) is 0. The molecule has 1 heterocycles. The zero-order valence-corrected chi connectivity index (χ0v) is 13.5. The Morgan fingerprint density at radius 1 is 1.21 bits per heavy atom. The first-order valence-electron chi connectivity index (χ1n) is 7.49. The number of amides is 1. The topological polar surface area (TPSA) is 38.3 Å². The lowest BCUT2D eigenvalue weighted by molar-refractivity contribution is -0.127. The summed E-state index contributed by atoms with van der Waals surface area (Å²) < 4.78 is 5.71. The Morgan fingerprint density at radius 2 is 1.79 bits per heavy atom. The summed E-state index contributed by atoms with van der Waals surface area (Å²) >= 11 is 6.35. The molecule has 19 heavy (non-hydrogen) atoms. The minimum absolute atomic E-state index is 0.00748. The minimum Gasteiger partial charge on any atom is -0.374 e. The Morgan fingerprint density at radius 3 is 2.21 bits per heavy atom. The van der Waals surface area contributed by atoms with Crippen molar-refractivity contribution in [2.45, 2.75) is 65.0 Å². The van der Waals surface area contributed by atoms with Crippen molar-refractivity contribution in [2.24, 2.45) is 17.8 Å². The standard InChI is InChI=1S/C15H28ClNO2/c1-6-12(7-2)13(16)8-17-15(18)14-9(3)10(4)19-11(14)5/h9-14H,6-8H2,1-5H3,(H,17,18). The Bertz CT molecular complexity index is 294. The summed E-state index contributed by atoms with van der Waals surface area (Å²) in [4.78, 5) is 12.3. The molecule has 0 aliphatic carbocycles. The molecule has 1 aliphatic rings. The van der Waals surface area contributed by atoms with Gasteiger partial charge < -0.3 is 10.1 Å². The number of carbonyl (C=O) groups excluding carboxylic acids is 1. The van der Waals surface area contributed by atoms with Gasteiger partial charge in [0.05, 0.1) is 23.5 Å². The monoisotopic (exact) mass is 289 g/mol. The zero-order valence-electron chi connectivity index (χ0n) is 12.8. The van der Waals surface area contributed by atoms with Crippen molar-refractivity contribution in [2.75, 3.05) is 6.54 Å². The van der Waals surface area contributed by atoms with Gasteiger partial charge >= 0.3 is 0 Å². The Kier molecular flexibility index (Phi) is 6.61. The van der Waals surface area contributed by atoms with Gasteiger partial charge in [-0.25, -0.2) is 0 Å². The molecule has 1 N–H and O–H groups in total. The lowest BCUT2D eigenvalue weighted by atomic mass is 9.88. The molecule has 0 aromatic rings. The molecular weight excluding hydrogens is 262 g/mol. The molecule has 1 fully saturated rings. The summed E-state index contributed by atoms with van der Waals surface area (Å²) in [5, 5.41) is 3.02. The highest BCUT2D eigenvalue weighted by Gasteiger charge is 2.41. The van der Waals surface area contributed by atoms with Crippen molar-refractivity contribution in [3.05, 3.63) is 0 Å². The highest BCUT2D eigenvalue weighted by atomic mass is 35.5. The first kappa shape index (κ1) is 16.8. The fourth-order valence-electron chi connectivity index (χ4n) is 3.00. The van der Waals surface area contributed by atoms with E-state index >= 15 is 0 Å². The van der Waals surface area contributed by atoms with Gasteiger partial charge in [0.15, 0.2) is 0 Å². The normalized spacial score (nSPS) is 32.6. The van der Waals surface area contributed by atoms with Crippen molar-refractivity contribution in [3.63, 3.8) is 0 Å². The molecule has 0 saturated carbocycles. The number of rotatable bonds is 6. The number of hydrogen-bond acceptors (Lipinski definition) is 2. The van der Waals surface area contributed by atoms with Crippen LogP contribution in [0.15, 0.2) is 0 Å². The maximum Gasteiger partial charge on any atom is 0.226 e. The lowest BCUT2D eigenvalue weighted by Gasteiger charge is -2.22. The highest BCUT2D eigenvalue weighted by Crippen LogP contribution is 2.32. The lowest BCUT2D eigenvalue weighted by Crippen LogP contribution is -2.41. The third-order valence-electron chi connectivity index (χ3n) is 4.58. The molecule has 4 heteroatoms. The number of halogens is 1. The van der Waals surface area contributed by atoms with Gasteiger partial charge in [0, 0.05) is 6.54 Å². The molecule has 1 saturated heterocycles. The van der Waals surface area contributed by atoms with E-state index in [0.29, 0.717) is 12.5 Å². The van der Waals surface area contributed by atoms with Gasteiger partial charge in [-0.3, -0.25) is 4.79 Å². The van der Waals surface area contributed by atoms with Gasteiger partial charge in [-0.05, 0) is 25.7 Å². The van der Waals surface area contributed by atoms with Crippen LogP contribution in [0, 0.1) is 17.8 Å². The maximum atomic E-state index is 12.3. The predicted octanol–water partition coefficient (Wildman–Crippen LogP) is 3.21. The van der Waals surface area contributed by atoms with E-state index in [-0.39, 0.29) is 35.3 Å². The van der Waals surface area contributed by atoms with Crippen molar-refractivity contribution in [1.29, 1.82) is 0 Å². The first-order chi connectivity index (χ1) is 8.92. The first-order valence-corrected chi connectivity index (χ1v) is 7.93. The summed E-state index contributed by atoms with van der Waals surface area (Å²) in [7, 11) is 0. The van der Waals surface area contributed by atoms with E-state index in [1.165, 1.54) is 0 Å². The second-order valence-corrected chi connectivity index (χ2v) is 6.33. The van der Waals surface area contributed by atoms with E-state index in [1.54, 1.807) is 0 Å². The fourth-order valence-corrected chi connectivity index (χ4v) is 3.43. The van der Waals surface area contributed by atoms with E-state index in [0.717, 1.165) is 12.8 Å². The molecule has 0 spiro atoms. The highest BCUT2D eigenvalue weighted by molar-refractivity contribution is 6.21. The van der Waals surface area contributed by atoms with Gasteiger partial charge in [-0.15, -0.1) is 11.6 Å². The smallest absolute Gasteiger partial charge is 0.226 e. The predicted molar refractivity (Wildman–Crippen MR) is 79.4 cm³/mol. The minimum atomic E-state index is -0.0550. The summed E-state index contributed by atoms with van der Waals surface area (Å²) in [5.74, 6) is 0.758. The van der Waals surface area contributed by atoms with Crippen LogP contribution in [-0.4, -0.2) is 30.0 Å². The summed E-state index contributed by atoms with van der Waals surface area (Å²) in [6.07, 6.45) is 2.25. The Balaban J connectivity index is 2.47. The molecule has 112 valence electrons. The van der Waals surface area contributed by atoms with Crippen LogP contribution < -0.4 is 5.32 Å². The van der Waals surface area contributed by atoms with Crippen molar-refractivity contribution < 1.29 is 9.53 Å². The van der Waals surface area contributed by atoms with Crippen molar-refractivity contribution >= 4 is 17.5 Å². The van der Waals surface area contributed by atoms with E-state index in [9.17, 15) is 4.79 Å². The van der Waals surface area contributed by atoms with Gasteiger partial charge in [-0.1, -0.05) is 33.6 Å². The SMILES string of the molecule is CCC(CC)C(Cl)CNC(=O)C1C(C)OC(C)C1C. The van der Waals surface area contributed by atoms with E-state index < -0.39 is 0 Å². The van der Waals surface area contributed by atoms with Crippen LogP contribution in [0.25, 0.3) is 0 Å². The van der Waals surface area contributed by atoms with E-state index in [2.05, 4.69) is 26.1 Å². The molecule has 0 aromatic carbocycles. The quantitative estimate of drug-likeness (QED) is 0.763. The van der Waals surface area contributed by atoms with Gasteiger partial charge in [-0.2, -0.15) is 0 Å². The second kappa shape index (κ2) is 7.49. The largest absolute Gasteiger partial charge is 0.374 e. The molecule has 1 aliphatic heterocycles. The van der Waals surface area contributed by atoms with Crippen LogP contribution >= 0.6 is 11.6 Å². The number of hydrogen-bond donors (Lipinski definition) is 1. The average molecular weight is 290 g/mol. The molecule has 0 radical (unpaired) electrons. The van der Waals surface area contributed by atoms with Gasteiger partial charge in [0.25, 0.3) is 0 Å². The third kappa shape index (κ3) is 4.09. The Labute approximate surface area is 122 Å². The van der Waals surface area contributed by atoms with Crippen LogP contribution in [0.2, 0.25) is 0 Å². The average Bonchev–Trinajstić information content (AvgIpc) is 2.62.